The third kappa shape index (κ3) is 4.29. The van der Waals surface area contributed by atoms with Crippen LogP contribution in [-0.4, -0.2) is 40.8 Å². The Bertz CT molecular complexity index is 512. The third-order valence-electron chi connectivity index (χ3n) is 6.60. The minimum atomic E-state index is -0.778. The van der Waals surface area contributed by atoms with Gasteiger partial charge in [0.05, 0.1) is 5.92 Å². The lowest BCUT2D eigenvalue weighted by Crippen LogP contribution is -2.41. The summed E-state index contributed by atoms with van der Waals surface area (Å²) in [5.74, 6) is -0.627. The number of ether oxygens (including phenoxy) is 1. The first-order valence-electron chi connectivity index (χ1n) is 9.61. The van der Waals surface area contributed by atoms with Crippen molar-refractivity contribution in [2.24, 2.45) is 22.7 Å². The molecule has 0 radical (unpaired) electrons. The van der Waals surface area contributed by atoms with Crippen LogP contribution in [0.4, 0.5) is 4.79 Å². The Labute approximate surface area is 152 Å². The van der Waals surface area contributed by atoms with Crippen LogP contribution in [0.25, 0.3) is 0 Å². The van der Waals surface area contributed by atoms with Gasteiger partial charge in [0, 0.05) is 18.5 Å². The number of rotatable bonds is 3. The maximum Gasteiger partial charge on any atom is 0.410 e. The van der Waals surface area contributed by atoms with Gasteiger partial charge in [0.1, 0.15) is 5.60 Å². The number of carbonyl (C=O) groups excluding carboxylic acids is 1. The molecule has 0 aromatic carbocycles. The van der Waals surface area contributed by atoms with Gasteiger partial charge in [0.15, 0.2) is 0 Å². The van der Waals surface area contributed by atoms with E-state index in [1.165, 1.54) is 0 Å². The zero-order chi connectivity index (χ0) is 19.0. The lowest BCUT2D eigenvalue weighted by molar-refractivity contribution is -0.146. The third-order valence-corrected chi connectivity index (χ3v) is 6.60. The largest absolute Gasteiger partial charge is 0.481 e. The van der Waals surface area contributed by atoms with Gasteiger partial charge in [-0.1, -0.05) is 27.2 Å². The van der Waals surface area contributed by atoms with E-state index in [1.807, 2.05) is 20.8 Å². The van der Waals surface area contributed by atoms with Crippen LogP contribution in [0.2, 0.25) is 0 Å². The van der Waals surface area contributed by atoms with Crippen LogP contribution in [0.5, 0.6) is 0 Å². The minimum absolute atomic E-state index is 0.270. The summed E-state index contributed by atoms with van der Waals surface area (Å²) in [6, 6.07) is 0. The Kier molecular flexibility index (Phi) is 5.46. The molecule has 1 saturated heterocycles. The molecular formula is C20H35NO4. The number of hydrogen-bond acceptors (Lipinski definition) is 3. The fourth-order valence-electron chi connectivity index (χ4n) is 4.54. The lowest BCUT2D eigenvalue weighted by Gasteiger charge is -2.44. The molecule has 1 spiro atoms. The molecule has 0 aromatic heterocycles. The molecule has 0 aromatic rings. The Morgan fingerprint density at radius 2 is 1.72 bits per heavy atom. The zero-order valence-corrected chi connectivity index (χ0v) is 16.7. The predicted molar refractivity (Wildman–Crippen MR) is 97.4 cm³/mol. The van der Waals surface area contributed by atoms with Crippen molar-refractivity contribution in [1.82, 2.24) is 4.90 Å². The van der Waals surface area contributed by atoms with Crippen molar-refractivity contribution in [1.29, 1.82) is 0 Å². The fraction of sp³-hybridized carbons (Fsp3) is 0.900. The summed E-state index contributed by atoms with van der Waals surface area (Å²) in [6.45, 7) is 13.1. The second kappa shape index (κ2) is 6.81. The maximum atomic E-state index is 12.4. The number of carboxylic acid groups (broad SMARTS) is 1. The van der Waals surface area contributed by atoms with Crippen LogP contribution in [-0.2, 0) is 9.53 Å². The van der Waals surface area contributed by atoms with Gasteiger partial charge in [-0.15, -0.1) is 0 Å². The molecule has 5 heteroatoms. The van der Waals surface area contributed by atoms with E-state index in [1.54, 1.807) is 4.90 Å². The molecule has 2 rings (SSSR count). The summed E-state index contributed by atoms with van der Waals surface area (Å²) >= 11 is 0. The molecule has 2 aliphatic rings. The Balaban J connectivity index is 2.12. The highest BCUT2D eigenvalue weighted by Gasteiger charge is 2.54. The molecule has 1 N–H and O–H groups in total. The standard InChI is InChI=1S/C20H35NO4/c1-7-19(5,6)14-8-10-20(11-9-14)13-21(12-15(20)16(22)23)17(24)25-18(2,3)4/h14-15H,7-13H2,1-6H3,(H,22,23). The van der Waals surface area contributed by atoms with Gasteiger partial charge < -0.3 is 14.7 Å². The average Bonchev–Trinajstić information content (AvgIpc) is 2.85. The lowest BCUT2D eigenvalue weighted by atomic mass is 9.60. The molecule has 2 fully saturated rings. The van der Waals surface area contributed by atoms with Crippen molar-refractivity contribution in [3.8, 4) is 0 Å². The molecule has 1 heterocycles. The van der Waals surface area contributed by atoms with Crippen LogP contribution in [0.3, 0.4) is 0 Å². The van der Waals surface area contributed by atoms with E-state index in [0.717, 1.165) is 32.1 Å². The van der Waals surface area contributed by atoms with E-state index in [4.69, 9.17) is 4.74 Å². The van der Waals surface area contributed by atoms with Gasteiger partial charge >= 0.3 is 12.1 Å². The van der Waals surface area contributed by atoms with Crippen LogP contribution in [0.1, 0.15) is 73.6 Å². The number of nitrogens with zero attached hydrogens (tertiary/aromatic N) is 1. The topological polar surface area (TPSA) is 66.8 Å². The molecule has 1 aliphatic heterocycles. The summed E-state index contributed by atoms with van der Waals surface area (Å²) < 4.78 is 5.47. The average molecular weight is 354 g/mol. The highest BCUT2D eigenvalue weighted by atomic mass is 16.6. The number of likely N-dealkylation sites (tertiary alicyclic amines) is 1. The van der Waals surface area contributed by atoms with Crippen molar-refractivity contribution in [2.45, 2.75) is 79.2 Å². The molecule has 1 saturated carbocycles. The van der Waals surface area contributed by atoms with Crippen molar-refractivity contribution in [2.75, 3.05) is 13.1 Å². The Morgan fingerprint density at radius 1 is 1.16 bits per heavy atom. The normalized spacial score (nSPS) is 30.6. The second-order valence-electron chi connectivity index (χ2n) is 9.73. The Morgan fingerprint density at radius 3 is 2.16 bits per heavy atom. The summed E-state index contributed by atoms with van der Waals surface area (Å²) in [6.07, 6.45) is 4.62. The summed E-state index contributed by atoms with van der Waals surface area (Å²) in [7, 11) is 0. The number of amides is 1. The minimum Gasteiger partial charge on any atom is -0.481 e. The van der Waals surface area contributed by atoms with Crippen molar-refractivity contribution < 1.29 is 19.4 Å². The quantitative estimate of drug-likeness (QED) is 0.808. The maximum absolute atomic E-state index is 12.4. The summed E-state index contributed by atoms with van der Waals surface area (Å²) in [4.78, 5) is 25.9. The van der Waals surface area contributed by atoms with Crippen LogP contribution in [0.15, 0.2) is 0 Å². The van der Waals surface area contributed by atoms with Gasteiger partial charge in [0.2, 0.25) is 0 Å². The zero-order valence-electron chi connectivity index (χ0n) is 16.7. The highest BCUT2D eigenvalue weighted by Crippen LogP contribution is 2.53. The second-order valence-corrected chi connectivity index (χ2v) is 9.73. The van der Waals surface area contributed by atoms with Gasteiger partial charge in [-0.2, -0.15) is 0 Å². The van der Waals surface area contributed by atoms with Crippen molar-refractivity contribution >= 4 is 12.1 Å². The van der Waals surface area contributed by atoms with E-state index in [9.17, 15) is 14.7 Å². The van der Waals surface area contributed by atoms with E-state index >= 15 is 0 Å². The molecule has 25 heavy (non-hydrogen) atoms. The fourth-order valence-corrected chi connectivity index (χ4v) is 4.54. The predicted octanol–water partition coefficient (Wildman–Crippen LogP) is 4.55. The summed E-state index contributed by atoms with van der Waals surface area (Å²) in [5, 5.41) is 9.76. The van der Waals surface area contributed by atoms with Crippen molar-refractivity contribution in [3.05, 3.63) is 0 Å². The number of carbonyl (C=O) groups is 2. The van der Waals surface area contributed by atoms with Gasteiger partial charge in [-0.25, -0.2) is 4.79 Å². The van der Waals surface area contributed by atoms with Gasteiger partial charge in [-0.3, -0.25) is 4.79 Å². The summed E-state index contributed by atoms with van der Waals surface area (Å²) in [5.41, 5.74) is -0.554. The first kappa shape index (κ1) is 20.1. The number of hydrogen-bond donors (Lipinski definition) is 1. The molecule has 1 atom stereocenters. The first-order chi connectivity index (χ1) is 11.4. The number of aliphatic carboxylic acids is 1. The SMILES string of the molecule is CCC(C)(C)C1CCC2(CC1)CN(C(=O)OC(C)(C)C)CC2C(=O)O. The van der Waals surface area contributed by atoms with E-state index < -0.39 is 17.5 Å². The van der Waals surface area contributed by atoms with E-state index in [2.05, 4.69) is 20.8 Å². The molecule has 1 unspecified atom stereocenters. The van der Waals surface area contributed by atoms with E-state index in [0.29, 0.717) is 17.9 Å². The van der Waals surface area contributed by atoms with Crippen LogP contribution >= 0.6 is 0 Å². The van der Waals surface area contributed by atoms with Crippen LogP contribution < -0.4 is 0 Å². The monoisotopic (exact) mass is 353 g/mol. The first-order valence-corrected chi connectivity index (χ1v) is 9.61. The van der Waals surface area contributed by atoms with Crippen molar-refractivity contribution in [3.63, 3.8) is 0 Å². The molecule has 1 amide bonds. The molecule has 5 nitrogen and oxygen atoms in total. The van der Waals surface area contributed by atoms with Gasteiger partial charge in [0.25, 0.3) is 0 Å². The van der Waals surface area contributed by atoms with Gasteiger partial charge in [-0.05, 0) is 57.8 Å². The Hall–Kier alpha value is -1.26. The highest BCUT2D eigenvalue weighted by molar-refractivity contribution is 5.75. The molecule has 1 aliphatic carbocycles. The molecular weight excluding hydrogens is 318 g/mol. The number of carboxylic acids is 1. The smallest absolute Gasteiger partial charge is 0.410 e. The van der Waals surface area contributed by atoms with Crippen LogP contribution in [0, 0.1) is 22.7 Å². The van der Waals surface area contributed by atoms with E-state index in [-0.39, 0.29) is 18.1 Å². The molecule has 144 valence electrons. The molecule has 0 bridgehead atoms.